The molecule has 1 fully saturated rings. The van der Waals surface area contributed by atoms with E-state index in [-0.39, 0.29) is 0 Å². The fraction of sp³-hybridized carbons (Fsp3) is 0.533. The van der Waals surface area contributed by atoms with Crippen LogP contribution < -0.4 is 15.9 Å². The lowest BCUT2D eigenvalue weighted by atomic mass is 10.00. The van der Waals surface area contributed by atoms with Crippen molar-refractivity contribution in [3.63, 3.8) is 0 Å². The molecule has 20 heavy (non-hydrogen) atoms. The number of ether oxygens (including phenoxy) is 1. The third-order valence-corrected chi connectivity index (χ3v) is 4.16. The van der Waals surface area contributed by atoms with E-state index in [4.69, 9.17) is 22.7 Å². The second kappa shape index (κ2) is 6.41. The zero-order valence-electron chi connectivity index (χ0n) is 12.3. The summed E-state index contributed by atoms with van der Waals surface area (Å²) in [6.07, 6.45) is 3.67. The summed E-state index contributed by atoms with van der Waals surface area (Å²) in [5.74, 6) is 0.796. The quantitative estimate of drug-likeness (QED) is 0.836. The van der Waals surface area contributed by atoms with Crippen LogP contribution in [0.2, 0.25) is 0 Å². The van der Waals surface area contributed by atoms with Gasteiger partial charge in [-0.25, -0.2) is 5.01 Å². The predicted molar refractivity (Wildman–Crippen MR) is 87.1 cm³/mol. The smallest absolute Gasteiger partial charge is 0.121 e. The third-order valence-electron chi connectivity index (χ3n) is 3.94. The molecular weight excluding hydrogens is 270 g/mol. The van der Waals surface area contributed by atoms with Crippen LogP contribution in [0.5, 0.6) is 5.75 Å². The molecule has 1 saturated heterocycles. The van der Waals surface area contributed by atoms with Crippen LogP contribution in [-0.2, 0) is 0 Å². The first-order valence-corrected chi connectivity index (χ1v) is 7.46. The van der Waals surface area contributed by atoms with E-state index in [9.17, 15) is 0 Å². The van der Waals surface area contributed by atoms with Crippen molar-refractivity contribution in [1.82, 2.24) is 5.01 Å². The van der Waals surface area contributed by atoms with Crippen molar-refractivity contribution in [2.45, 2.75) is 45.2 Å². The molecule has 1 aliphatic rings. The number of rotatable bonds is 4. The van der Waals surface area contributed by atoms with Crippen molar-refractivity contribution in [1.29, 1.82) is 0 Å². The molecule has 0 spiro atoms. The average Bonchev–Trinajstić information content (AvgIpc) is 2.42. The Labute approximate surface area is 126 Å². The Bertz CT molecular complexity index is 482. The van der Waals surface area contributed by atoms with E-state index in [2.05, 4.69) is 24.3 Å². The van der Waals surface area contributed by atoms with Gasteiger partial charge in [-0.3, -0.25) is 0 Å². The van der Waals surface area contributed by atoms with Gasteiger partial charge in [-0.15, -0.1) is 0 Å². The standard InChI is InChI=1S/C15H23N3OS/c1-10-5-4-6-11(2)18(10)17-14-9-12(19-3)7-8-13(14)15(16)20/h7-11,17H,4-6H2,1-3H3,(H2,16,20). The SMILES string of the molecule is COc1ccc(C(N)=S)c(NN2C(C)CCCC2C)c1. The van der Waals surface area contributed by atoms with Crippen LogP contribution in [-0.4, -0.2) is 29.2 Å². The Morgan fingerprint density at radius 3 is 2.55 bits per heavy atom. The van der Waals surface area contributed by atoms with Crippen molar-refractivity contribution in [3.05, 3.63) is 23.8 Å². The van der Waals surface area contributed by atoms with Crippen LogP contribution >= 0.6 is 12.2 Å². The van der Waals surface area contributed by atoms with E-state index >= 15 is 0 Å². The molecule has 1 aromatic carbocycles. The third kappa shape index (κ3) is 3.22. The summed E-state index contributed by atoms with van der Waals surface area (Å²) in [6.45, 7) is 4.48. The van der Waals surface area contributed by atoms with Crippen molar-refractivity contribution in [2.24, 2.45) is 5.73 Å². The van der Waals surface area contributed by atoms with Crippen LogP contribution in [0.3, 0.4) is 0 Å². The lowest BCUT2D eigenvalue weighted by Crippen LogP contribution is -2.47. The molecule has 2 atom stereocenters. The van der Waals surface area contributed by atoms with E-state index in [1.807, 2.05) is 18.2 Å². The Hall–Kier alpha value is -1.33. The molecule has 2 unspecified atom stereocenters. The number of piperidine rings is 1. The van der Waals surface area contributed by atoms with Crippen molar-refractivity contribution < 1.29 is 4.74 Å². The summed E-state index contributed by atoms with van der Waals surface area (Å²) in [5.41, 5.74) is 11.1. The van der Waals surface area contributed by atoms with Crippen molar-refractivity contribution >= 4 is 22.9 Å². The summed E-state index contributed by atoms with van der Waals surface area (Å²) in [6, 6.07) is 6.71. The zero-order valence-corrected chi connectivity index (χ0v) is 13.2. The first-order chi connectivity index (χ1) is 9.52. The number of nitrogens with zero attached hydrogens (tertiary/aromatic N) is 1. The van der Waals surface area contributed by atoms with Gasteiger partial charge in [-0.05, 0) is 38.8 Å². The van der Waals surface area contributed by atoms with Crippen molar-refractivity contribution in [2.75, 3.05) is 12.5 Å². The number of thiocarbonyl (C=S) groups is 1. The molecule has 1 heterocycles. The molecule has 0 radical (unpaired) electrons. The summed E-state index contributed by atoms with van der Waals surface area (Å²) in [7, 11) is 1.66. The minimum Gasteiger partial charge on any atom is -0.497 e. The molecular formula is C15H23N3OS. The highest BCUT2D eigenvalue weighted by molar-refractivity contribution is 7.80. The van der Waals surface area contributed by atoms with Gasteiger partial charge >= 0.3 is 0 Å². The molecule has 0 aliphatic carbocycles. The van der Waals surface area contributed by atoms with Gasteiger partial charge in [0.2, 0.25) is 0 Å². The lowest BCUT2D eigenvalue weighted by molar-refractivity contribution is 0.135. The van der Waals surface area contributed by atoms with Crippen LogP contribution in [0.4, 0.5) is 5.69 Å². The zero-order chi connectivity index (χ0) is 14.7. The van der Waals surface area contributed by atoms with Gasteiger partial charge in [-0.2, -0.15) is 0 Å². The van der Waals surface area contributed by atoms with E-state index in [0.29, 0.717) is 17.1 Å². The van der Waals surface area contributed by atoms with E-state index in [1.54, 1.807) is 7.11 Å². The molecule has 5 heteroatoms. The number of benzene rings is 1. The second-order valence-electron chi connectivity index (χ2n) is 5.42. The van der Waals surface area contributed by atoms with Gasteiger partial charge < -0.3 is 15.9 Å². The number of nitrogens with two attached hydrogens (primary N) is 1. The molecule has 0 aromatic heterocycles. The van der Waals surface area contributed by atoms with Crippen LogP contribution in [0.15, 0.2) is 18.2 Å². The molecule has 4 nitrogen and oxygen atoms in total. The van der Waals surface area contributed by atoms with E-state index in [1.165, 1.54) is 19.3 Å². The normalized spacial score (nSPS) is 23.4. The monoisotopic (exact) mass is 293 g/mol. The summed E-state index contributed by atoms with van der Waals surface area (Å²) in [4.78, 5) is 0.396. The number of hydrazine groups is 1. The molecule has 2 rings (SSSR count). The highest BCUT2D eigenvalue weighted by atomic mass is 32.1. The van der Waals surface area contributed by atoms with Crippen LogP contribution in [0.25, 0.3) is 0 Å². The molecule has 0 bridgehead atoms. The minimum absolute atomic E-state index is 0.396. The van der Waals surface area contributed by atoms with Gasteiger partial charge in [0.05, 0.1) is 12.8 Å². The van der Waals surface area contributed by atoms with Gasteiger partial charge in [0, 0.05) is 23.7 Å². The maximum absolute atomic E-state index is 5.81. The predicted octanol–water partition coefficient (Wildman–Crippen LogP) is 2.92. The maximum atomic E-state index is 5.81. The minimum atomic E-state index is 0.396. The van der Waals surface area contributed by atoms with Gasteiger partial charge in [-0.1, -0.05) is 18.6 Å². The van der Waals surface area contributed by atoms with Crippen LogP contribution in [0.1, 0.15) is 38.7 Å². The lowest BCUT2D eigenvalue weighted by Gasteiger charge is -2.39. The fourth-order valence-electron chi connectivity index (χ4n) is 2.74. The van der Waals surface area contributed by atoms with Gasteiger partial charge in [0.25, 0.3) is 0 Å². The average molecular weight is 293 g/mol. The van der Waals surface area contributed by atoms with Gasteiger partial charge in [0.15, 0.2) is 0 Å². The first-order valence-electron chi connectivity index (χ1n) is 7.05. The van der Waals surface area contributed by atoms with Crippen LogP contribution in [0, 0.1) is 0 Å². The Morgan fingerprint density at radius 2 is 2.00 bits per heavy atom. The van der Waals surface area contributed by atoms with Gasteiger partial charge in [0.1, 0.15) is 10.7 Å². The largest absolute Gasteiger partial charge is 0.497 e. The van der Waals surface area contributed by atoms with Crippen molar-refractivity contribution in [3.8, 4) is 5.75 Å². The highest BCUT2D eigenvalue weighted by Gasteiger charge is 2.25. The first kappa shape index (κ1) is 15.1. The summed E-state index contributed by atoms with van der Waals surface area (Å²) >= 11 is 5.13. The Kier molecular flexibility index (Phi) is 4.83. The molecule has 0 saturated carbocycles. The number of hydrogen-bond acceptors (Lipinski definition) is 4. The van der Waals surface area contributed by atoms with E-state index in [0.717, 1.165) is 17.0 Å². The maximum Gasteiger partial charge on any atom is 0.121 e. The molecule has 1 aliphatic heterocycles. The van der Waals surface area contributed by atoms with E-state index < -0.39 is 0 Å². The Balaban J connectivity index is 2.28. The summed E-state index contributed by atoms with van der Waals surface area (Å²) < 4.78 is 5.29. The molecule has 3 N–H and O–H groups in total. The fourth-order valence-corrected chi connectivity index (χ4v) is 2.92. The summed E-state index contributed by atoms with van der Waals surface area (Å²) in [5, 5.41) is 2.29. The number of methoxy groups -OCH3 is 1. The second-order valence-corrected chi connectivity index (χ2v) is 5.86. The number of anilines is 1. The molecule has 110 valence electrons. The Morgan fingerprint density at radius 1 is 1.35 bits per heavy atom. The molecule has 0 amide bonds. The highest BCUT2D eigenvalue weighted by Crippen LogP contribution is 2.27. The number of nitrogens with one attached hydrogen (secondary N) is 1. The topological polar surface area (TPSA) is 50.5 Å². The number of hydrogen-bond donors (Lipinski definition) is 2. The molecule has 1 aromatic rings.